The summed E-state index contributed by atoms with van der Waals surface area (Å²) in [7, 11) is 0. The second kappa shape index (κ2) is 5.90. The van der Waals surface area contributed by atoms with E-state index in [9.17, 15) is 4.79 Å². The molecular weight excluding hydrogens is 272 g/mol. The van der Waals surface area contributed by atoms with Crippen LogP contribution in [0.1, 0.15) is 13.8 Å². The Morgan fingerprint density at radius 3 is 2.23 bits per heavy atom. The molecule has 2 aromatic carbocycles. The highest BCUT2D eigenvalue weighted by Gasteiger charge is 2.10. The van der Waals surface area contributed by atoms with Crippen molar-refractivity contribution in [2.24, 2.45) is 0 Å². The number of fused-ring (bicyclic) bond motifs is 3. The van der Waals surface area contributed by atoms with E-state index in [1.54, 1.807) is 10.6 Å². The SMILES string of the molecule is CC.O=c1ccc2[nH]c3ccccc3c2n1-c1ccccc1. The lowest BCUT2D eigenvalue weighted by Gasteiger charge is -2.07. The zero-order valence-corrected chi connectivity index (χ0v) is 12.7. The highest BCUT2D eigenvalue weighted by molar-refractivity contribution is 6.05. The molecule has 22 heavy (non-hydrogen) atoms. The lowest BCUT2D eigenvalue weighted by molar-refractivity contribution is 1.05. The molecule has 0 amide bonds. The Morgan fingerprint density at radius 2 is 1.45 bits per heavy atom. The molecule has 0 aliphatic heterocycles. The summed E-state index contributed by atoms with van der Waals surface area (Å²) < 4.78 is 1.76. The molecule has 0 saturated heterocycles. The van der Waals surface area contributed by atoms with Gasteiger partial charge in [-0.1, -0.05) is 50.2 Å². The first-order chi connectivity index (χ1) is 10.8. The number of nitrogens with zero attached hydrogens (tertiary/aromatic N) is 1. The molecule has 1 N–H and O–H groups in total. The van der Waals surface area contributed by atoms with Gasteiger partial charge in [-0.15, -0.1) is 0 Å². The summed E-state index contributed by atoms with van der Waals surface area (Å²) in [5.41, 5.74) is 3.80. The van der Waals surface area contributed by atoms with Gasteiger partial charge in [-0.2, -0.15) is 0 Å². The van der Waals surface area contributed by atoms with E-state index < -0.39 is 0 Å². The van der Waals surface area contributed by atoms with Gasteiger partial charge in [-0.3, -0.25) is 9.36 Å². The lowest BCUT2D eigenvalue weighted by Crippen LogP contribution is -2.16. The van der Waals surface area contributed by atoms with Gasteiger partial charge in [0.2, 0.25) is 0 Å². The Bertz CT molecular complexity index is 965. The van der Waals surface area contributed by atoms with Crippen LogP contribution in [0.4, 0.5) is 0 Å². The van der Waals surface area contributed by atoms with E-state index in [4.69, 9.17) is 0 Å². The van der Waals surface area contributed by atoms with Crippen LogP contribution in [0, 0.1) is 0 Å². The van der Waals surface area contributed by atoms with E-state index in [2.05, 4.69) is 4.98 Å². The van der Waals surface area contributed by atoms with Gasteiger partial charge in [0.25, 0.3) is 5.56 Å². The normalized spacial score (nSPS) is 10.5. The standard InChI is InChI=1S/C17H12N2O.C2H6/c20-16-11-10-15-17(13-8-4-5-9-14(13)18-15)19(16)12-6-2-1-3-7-12;1-2/h1-11,18H;1-2H3. The van der Waals surface area contributed by atoms with E-state index >= 15 is 0 Å². The van der Waals surface area contributed by atoms with Crippen molar-refractivity contribution >= 4 is 21.9 Å². The van der Waals surface area contributed by atoms with Gasteiger partial charge in [-0.05, 0) is 24.3 Å². The summed E-state index contributed by atoms with van der Waals surface area (Å²) in [6, 6.07) is 21.2. The largest absolute Gasteiger partial charge is 0.353 e. The maximum Gasteiger partial charge on any atom is 0.255 e. The molecule has 0 aliphatic rings. The fourth-order valence-corrected chi connectivity index (χ4v) is 2.68. The fraction of sp³-hybridized carbons (Fsp3) is 0.105. The van der Waals surface area contributed by atoms with E-state index in [0.29, 0.717) is 0 Å². The van der Waals surface area contributed by atoms with Crippen molar-refractivity contribution < 1.29 is 0 Å². The van der Waals surface area contributed by atoms with E-state index in [0.717, 1.165) is 27.6 Å². The van der Waals surface area contributed by atoms with Crippen LogP contribution in [-0.4, -0.2) is 9.55 Å². The van der Waals surface area contributed by atoms with Crippen LogP contribution in [-0.2, 0) is 0 Å². The van der Waals surface area contributed by atoms with Gasteiger partial charge in [0, 0.05) is 22.7 Å². The predicted molar refractivity (Wildman–Crippen MR) is 92.7 cm³/mol. The zero-order valence-electron chi connectivity index (χ0n) is 12.7. The predicted octanol–water partition coefficient (Wildman–Crippen LogP) is 4.50. The quantitative estimate of drug-likeness (QED) is 0.550. The molecule has 4 rings (SSSR count). The number of H-pyrrole nitrogens is 1. The van der Waals surface area contributed by atoms with Crippen molar-refractivity contribution in [2.45, 2.75) is 13.8 Å². The second-order valence-electron chi connectivity index (χ2n) is 4.78. The highest BCUT2D eigenvalue weighted by Crippen LogP contribution is 2.25. The maximum absolute atomic E-state index is 12.3. The number of aromatic amines is 1. The third-order valence-corrected chi connectivity index (χ3v) is 3.56. The molecule has 0 spiro atoms. The van der Waals surface area contributed by atoms with Gasteiger partial charge in [0.1, 0.15) is 0 Å². The van der Waals surface area contributed by atoms with Crippen LogP contribution in [0.3, 0.4) is 0 Å². The minimum atomic E-state index is -0.0200. The minimum absolute atomic E-state index is 0.0200. The van der Waals surface area contributed by atoms with Gasteiger partial charge in [0.15, 0.2) is 0 Å². The molecule has 2 heterocycles. The third-order valence-electron chi connectivity index (χ3n) is 3.56. The molecule has 0 unspecified atom stereocenters. The summed E-state index contributed by atoms with van der Waals surface area (Å²) in [5, 5.41) is 1.06. The molecule has 0 radical (unpaired) electrons. The molecule has 4 aromatic rings. The van der Waals surface area contributed by atoms with Crippen LogP contribution in [0.15, 0.2) is 71.5 Å². The lowest BCUT2D eigenvalue weighted by atomic mass is 10.2. The first-order valence-electron chi connectivity index (χ1n) is 7.52. The Morgan fingerprint density at radius 1 is 0.773 bits per heavy atom. The number of nitrogens with one attached hydrogen (secondary N) is 1. The average molecular weight is 290 g/mol. The van der Waals surface area contributed by atoms with Crippen LogP contribution in [0.25, 0.3) is 27.6 Å². The van der Waals surface area contributed by atoms with Crippen molar-refractivity contribution in [3.8, 4) is 5.69 Å². The van der Waals surface area contributed by atoms with Crippen molar-refractivity contribution in [3.63, 3.8) is 0 Å². The maximum atomic E-state index is 12.3. The summed E-state index contributed by atoms with van der Waals surface area (Å²) in [6.45, 7) is 4.00. The molecule has 110 valence electrons. The monoisotopic (exact) mass is 290 g/mol. The Labute approximate surface area is 128 Å². The number of rotatable bonds is 1. The van der Waals surface area contributed by atoms with E-state index in [1.807, 2.05) is 74.5 Å². The number of hydrogen-bond donors (Lipinski definition) is 1. The topological polar surface area (TPSA) is 37.8 Å². The Hall–Kier alpha value is -2.81. The van der Waals surface area contributed by atoms with Gasteiger partial charge in [-0.25, -0.2) is 0 Å². The first-order valence-corrected chi connectivity index (χ1v) is 7.52. The summed E-state index contributed by atoms with van der Waals surface area (Å²) >= 11 is 0. The number of pyridine rings is 1. The van der Waals surface area contributed by atoms with Crippen molar-refractivity contribution in [3.05, 3.63) is 77.1 Å². The molecule has 0 bridgehead atoms. The Balaban J connectivity index is 0.000000693. The van der Waals surface area contributed by atoms with E-state index in [-0.39, 0.29) is 5.56 Å². The minimum Gasteiger partial charge on any atom is -0.353 e. The summed E-state index contributed by atoms with van der Waals surface area (Å²) in [4.78, 5) is 15.7. The molecule has 0 fully saturated rings. The molecular formula is C19H18N2O. The molecule has 3 nitrogen and oxygen atoms in total. The zero-order chi connectivity index (χ0) is 15.5. The van der Waals surface area contributed by atoms with Crippen LogP contribution in [0.2, 0.25) is 0 Å². The van der Waals surface area contributed by atoms with Gasteiger partial charge >= 0.3 is 0 Å². The van der Waals surface area contributed by atoms with Crippen LogP contribution >= 0.6 is 0 Å². The molecule has 3 heteroatoms. The fourth-order valence-electron chi connectivity index (χ4n) is 2.68. The van der Waals surface area contributed by atoms with Crippen LogP contribution in [0.5, 0.6) is 0 Å². The second-order valence-corrected chi connectivity index (χ2v) is 4.78. The molecule has 0 atom stereocenters. The third kappa shape index (κ3) is 2.21. The molecule has 0 aliphatic carbocycles. The van der Waals surface area contributed by atoms with Gasteiger partial charge < -0.3 is 4.98 Å². The summed E-state index contributed by atoms with van der Waals surface area (Å²) in [6.07, 6.45) is 0. The van der Waals surface area contributed by atoms with Crippen LogP contribution < -0.4 is 5.56 Å². The highest BCUT2D eigenvalue weighted by atomic mass is 16.1. The number of hydrogen-bond acceptors (Lipinski definition) is 1. The molecule has 0 saturated carbocycles. The van der Waals surface area contributed by atoms with Crippen molar-refractivity contribution in [1.82, 2.24) is 9.55 Å². The first kappa shape index (κ1) is 14.1. The van der Waals surface area contributed by atoms with Crippen molar-refractivity contribution in [2.75, 3.05) is 0 Å². The average Bonchev–Trinajstić information content (AvgIpc) is 2.96. The number of para-hydroxylation sites is 2. The van der Waals surface area contributed by atoms with Crippen molar-refractivity contribution in [1.29, 1.82) is 0 Å². The Kier molecular flexibility index (Phi) is 3.79. The number of benzene rings is 2. The molecule has 2 aromatic heterocycles. The van der Waals surface area contributed by atoms with Gasteiger partial charge in [0.05, 0.1) is 11.0 Å². The smallest absolute Gasteiger partial charge is 0.255 e. The van der Waals surface area contributed by atoms with E-state index in [1.165, 1.54) is 0 Å². The number of aromatic nitrogens is 2. The summed E-state index contributed by atoms with van der Waals surface area (Å²) in [5.74, 6) is 0.